The summed E-state index contributed by atoms with van der Waals surface area (Å²) < 4.78 is 15.9. The number of nitrogens with zero attached hydrogens (tertiary/aromatic N) is 6. The fourth-order valence-corrected chi connectivity index (χ4v) is 3.55. The summed E-state index contributed by atoms with van der Waals surface area (Å²) in [4.78, 5) is 10.5. The van der Waals surface area contributed by atoms with Crippen molar-refractivity contribution in [3.63, 3.8) is 0 Å². The summed E-state index contributed by atoms with van der Waals surface area (Å²) in [5.74, 6) is 0.643. The van der Waals surface area contributed by atoms with E-state index in [1.807, 2.05) is 30.3 Å². The molecule has 0 aliphatic carbocycles. The third kappa shape index (κ3) is 3.72. The second-order valence-corrected chi connectivity index (χ2v) is 7.44. The maximum Gasteiger partial charge on any atom is 0.232 e. The molecule has 30 heavy (non-hydrogen) atoms. The van der Waals surface area contributed by atoms with Crippen LogP contribution in [-0.2, 0) is 7.05 Å². The van der Waals surface area contributed by atoms with Gasteiger partial charge in [-0.05, 0) is 17.7 Å². The van der Waals surface area contributed by atoms with Crippen LogP contribution in [0.5, 0.6) is 0 Å². The number of alkyl halides is 1. The molecule has 0 amide bonds. The highest BCUT2D eigenvalue weighted by Crippen LogP contribution is 2.29. The highest BCUT2D eigenvalue weighted by Gasteiger charge is 2.35. The summed E-state index contributed by atoms with van der Waals surface area (Å²) in [7, 11) is 1.86. The predicted molar refractivity (Wildman–Crippen MR) is 111 cm³/mol. The van der Waals surface area contributed by atoms with E-state index in [0.717, 1.165) is 11.1 Å². The maximum absolute atomic E-state index is 14.2. The summed E-state index contributed by atoms with van der Waals surface area (Å²) in [6.07, 6.45) is 5.40. The third-order valence-electron chi connectivity index (χ3n) is 5.39. The quantitative estimate of drug-likeness (QED) is 0.491. The van der Waals surface area contributed by atoms with Crippen molar-refractivity contribution in [3.8, 4) is 17.2 Å². The van der Waals surface area contributed by atoms with Gasteiger partial charge in [0.15, 0.2) is 5.67 Å². The fourth-order valence-electron chi connectivity index (χ4n) is 3.55. The van der Waals surface area contributed by atoms with Gasteiger partial charge >= 0.3 is 0 Å². The van der Waals surface area contributed by atoms with Gasteiger partial charge in [0, 0.05) is 56.5 Å². The lowest BCUT2D eigenvalue weighted by molar-refractivity contribution is -0.111. The zero-order valence-corrected chi connectivity index (χ0v) is 16.6. The first-order valence-corrected chi connectivity index (χ1v) is 9.57. The summed E-state index contributed by atoms with van der Waals surface area (Å²) in [5, 5.41) is 19.6. The molecule has 1 fully saturated rings. The standard InChI is InChI=1S/C21H21FN8/c1-29-11-15(10-28-29)14-2-3-17(24)16(8-14)20(25)18-9-19(27-13-26-18)30-6-4-21(22,12-23)5-7-30/h2-3,8-11,13,25H,4-7,24H2,1H3/p+1. The predicted octanol–water partition coefficient (Wildman–Crippen LogP) is 0.888. The van der Waals surface area contributed by atoms with Crippen molar-refractivity contribution in [2.75, 3.05) is 23.7 Å². The van der Waals surface area contributed by atoms with E-state index in [9.17, 15) is 4.39 Å². The topological polar surface area (TPSA) is 122 Å². The summed E-state index contributed by atoms with van der Waals surface area (Å²) >= 11 is 0. The number of aryl methyl sites for hydroxylation is 1. The maximum atomic E-state index is 14.2. The second kappa shape index (κ2) is 7.55. The molecular formula is C21H22FN8+. The molecule has 1 aliphatic heterocycles. The smallest absolute Gasteiger partial charge is 0.232 e. The average Bonchev–Trinajstić information content (AvgIpc) is 3.20. The highest BCUT2D eigenvalue weighted by atomic mass is 19.1. The van der Waals surface area contributed by atoms with Gasteiger partial charge in [-0.25, -0.2) is 14.4 Å². The number of anilines is 2. The number of benzene rings is 1. The van der Waals surface area contributed by atoms with Crippen LogP contribution >= 0.6 is 0 Å². The van der Waals surface area contributed by atoms with Gasteiger partial charge in [0.25, 0.3) is 0 Å². The van der Waals surface area contributed by atoms with Crippen LogP contribution in [0.1, 0.15) is 24.1 Å². The first-order chi connectivity index (χ1) is 14.4. The van der Waals surface area contributed by atoms with Crippen molar-refractivity contribution >= 4 is 17.2 Å². The van der Waals surface area contributed by atoms with Gasteiger partial charge in [-0.15, -0.1) is 0 Å². The van der Waals surface area contributed by atoms with Crippen LogP contribution < -0.4 is 16.0 Å². The molecule has 1 aromatic carbocycles. The van der Waals surface area contributed by atoms with Gasteiger partial charge in [-0.1, -0.05) is 6.07 Å². The third-order valence-corrected chi connectivity index (χ3v) is 5.39. The van der Waals surface area contributed by atoms with E-state index in [1.165, 1.54) is 6.33 Å². The number of aromatic nitrogens is 4. The molecule has 9 heteroatoms. The van der Waals surface area contributed by atoms with Gasteiger partial charge in [0.1, 0.15) is 23.9 Å². The Morgan fingerprint density at radius 3 is 2.67 bits per heavy atom. The lowest BCUT2D eigenvalue weighted by Crippen LogP contribution is -2.43. The first-order valence-electron chi connectivity index (χ1n) is 9.57. The number of nitrogens with two attached hydrogens (primary N) is 2. The lowest BCUT2D eigenvalue weighted by atomic mass is 9.95. The minimum atomic E-state index is -1.77. The van der Waals surface area contributed by atoms with E-state index >= 15 is 0 Å². The van der Waals surface area contributed by atoms with E-state index in [2.05, 4.69) is 15.1 Å². The van der Waals surface area contributed by atoms with Crippen LogP contribution in [0.15, 0.2) is 43.0 Å². The SMILES string of the molecule is Cn1cc(-c2ccc(N)c(C(=[NH2+])c3cc(N4CCC(F)(C#N)CC4)ncn3)c2)cn1. The van der Waals surface area contributed by atoms with Crippen molar-refractivity contribution in [3.05, 3.63) is 54.2 Å². The van der Waals surface area contributed by atoms with E-state index < -0.39 is 5.67 Å². The molecule has 3 aromatic rings. The van der Waals surface area contributed by atoms with Crippen LogP contribution in [0.25, 0.3) is 11.1 Å². The Bertz CT molecular complexity index is 1140. The Labute approximate surface area is 173 Å². The van der Waals surface area contributed by atoms with Gasteiger partial charge in [-0.2, -0.15) is 10.4 Å². The number of nitriles is 1. The molecular weight excluding hydrogens is 383 g/mol. The molecule has 0 radical (unpaired) electrons. The second-order valence-electron chi connectivity index (χ2n) is 7.44. The number of nitrogen functional groups attached to an aromatic ring is 1. The van der Waals surface area contributed by atoms with E-state index in [4.69, 9.17) is 16.4 Å². The van der Waals surface area contributed by atoms with Crippen LogP contribution in [0.3, 0.4) is 0 Å². The Kier molecular flexibility index (Phi) is 4.91. The first kappa shape index (κ1) is 19.5. The van der Waals surface area contributed by atoms with Crippen LogP contribution in [-0.4, -0.2) is 44.2 Å². The van der Waals surface area contributed by atoms with E-state index in [0.29, 0.717) is 41.6 Å². The van der Waals surface area contributed by atoms with Crippen molar-refractivity contribution in [2.45, 2.75) is 18.5 Å². The van der Waals surface area contributed by atoms with Crippen molar-refractivity contribution in [1.82, 2.24) is 19.7 Å². The van der Waals surface area contributed by atoms with Crippen LogP contribution in [0.2, 0.25) is 0 Å². The van der Waals surface area contributed by atoms with Crippen molar-refractivity contribution in [2.24, 2.45) is 7.05 Å². The lowest BCUT2D eigenvalue weighted by Gasteiger charge is -2.33. The highest BCUT2D eigenvalue weighted by molar-refractivity contribution is 6.11. The van der Waals surface area contributed by atoms with Gasteiger partial charge in [0.2, 0.25) is 5.71 Å². The summed E-state index contributed by atoms with van der Waals surface area (Å²) in [5.41, 5.74) is 8.49. The van der Waals surface area contributed by atoms with Gasteiger partial charge < -0.3 is 10.6 Å². The number of hydrogen-bond donors (Lipinski definition) is 2. The number of rotatable bonds is 4. The number of halogens is 1. The normalized spacial score (nSPS) is 15.6. The van der Waals surface area contributed by atoms with Gasteiger partial charge in [-0.3, -0.25) is 10.1 Å². The summed E-state index contributed by atoms with van der Waals surface area (Å²) in [6.45, 7) is 0.804. The molecule has 0 spiro atoms. The Morgan fingerprint density at radius 1 is 1.23 bits per heavy atom. The molecule has 0 saturated carbocycles. The Balaban J connectivity index is 1.60. The fraction of sp³-hybridized carbons (Fsp3) is 0.286. The van der Waals surface area contributed by atoms with Gasteiger partial charge in [0.05, 0.1) is 11.8 Å². The molecule has 2 aromatic heterocycles. The van der Waals surface area contributed by atoms with Crippen LogP contribution in [0, 0.1) is 11.3 Å². The largest absolute Gasteiger partial charge is 0.398 e. The molecule has 3 heterocycles. The summed E-state index contributed by atoms with van der Waals surface area (Å²) in [6, 6.07) is 9.16. The average molecular weight is 405 g/mol. The molecule has 1 aliphatic rings. The van der Waals surface area contributed by atoms with Crippen molar-refractivity contribution < 1.29 is 9.80 Å². The Morgan fingerprint density at radius 2 is 2.00 bits per heavy atom. The number of hydrogen-bond acceptors (Lipinski definition) is 6. The molecule has 0 atom stereocenters. The Hall–Kier alpha value is -3.80. The number of piperidine rings is 1. The molecule has 4 N–H and O–H groups in total. The molecule has 0 bridgehead atoms. The zero-order valence-electron chi connectivity index (χ0n) is 16.6. The van der Waals surface area contributed by atoms with E-state index in [-0.39, 0.29) is 12.8 Å². The molecule has 8 nitrogen and oxygen atoms in total. The van der Waals surface area contributed by atoms with E-state index in [1.54, 1.807) is 29.1 Å². The molecule has 152 valence electrons. The van der Waals surface area contributed by atoms with Crippen molar-refractivity contribution in [1.29, 1.82) is 5.26 Å². The van der Waals surface area contributed by atoms with Crippen LogP contribution in [0.4, 0.5) is 15.9 Å². The molecule has 0 unspecified atom stereocenters. The minimum absolute atomic E-state index is 0.141. The zero-order chi connectivity index (χ0) is 21.3. The monoisotopic (exact) mass is 405 g/mol. The molecule has 1 saturated heterocycles. The minimum Gasteiger partial charge on any atom is -0.398 e. The molecule has 4 rings (SSSR count).